The fraction of sp³-hybridized carbons (Fsp3) is 0.833. The van der Waals surface area contributed by atoms with Gasteiger partial charge in [-0.1, -0.05) is 0 Å². The van der Waals surface area contributed by atoms with Gasteiger partial charge in [-0.25, -0.2) is 0 Å². The normalized spacial score (nSPS) is 16.3. The van der Waals surface area contributed by atoms with Crippen LogP contribution in [0.3, 0.4) is 0 Å². The van der Waals surface area contributed by atoms with Gasteiger partial charge in [0, 0.05) is 52.4 Å². The highest BCUT2D eigenvalue weighted by Gasteiger charge is 2.18. The summed E-state index contributed by atoms with van der Waals surface area (Å²) in [5, 5.41) is 5.96. The first-order valence-electron chi connectivity index (χ1n) is 6.69. The third-order valence-corrected chi connectivity index (χ3v) is 3.17. The Morgan fingerprint density at radius 1 is 1.22 bits per heavy atom. The van der Waals surface area contributed by atoms with Crippen LogP contribution in [0, 0.1) is 0 Å². The summed E-state index contributed by atoms with van der Waals surface area (Å²) in [7, 11) is 0. The van der Waals surface area contributed by atoms with Crippen molar-refractivity contribution < 1.29 is 9.59 Å². The molecule has 0 saturated carbocycles. The summed E-state index contributed by atoms with van der Waals surface area (Å²) < 4.78 is 0. The Hall–Kier alpha value is -1.14. The minimum atomic E-state index is -0.492. The SMILES string of the molecule is CCN(CC)C(=O)C(=O)NCCN1CCNCC1. The van der Waals surface area contributed by atoms with Gasteiger partial charge in [0.2, 0.25) is 0 Å². The van der Waals surface area contributed by atoms with Gasteiger partial charge in [0.05, 0.1) is 0 Å². The second-order valence-electron chi connectivity index (χ2n) is 4.32. The van der Waals surface area contributed by atoms with Crippen LogP contribution in [-0.2, 0) is 9.59 Å². The topological polar surface area (TPSA) is 64.7 Å². The predicted molar refractivity (Wildman–Crippen MR) is 70.2 cm³/mol. The van der Waals surface area contributed by atoms with Gasteiger partial charge in [-0.05, 0) is 13.8 Å². The molecule has 0 spiro atoms. The zero-order valence-corrected chi connectivity index (χ0v) is 11.4. The molecule has 0 bridgehead atoms. The van der Waals surface area contributed by atoms with Crippen molar-refractivity contribution in [2.24, 2.45) is 0 Å². The molecule has 0 unspecified atom stereocenters. The molecular formula is C12H24N4O2. The van der Waals surface area contributed by atoms with E-state index < -0.39 is 11.8 Å². The fourth-order valence-electron chi connectivity index (χ4n) is 1.99. The lowest BCUT2D eigenvalue weighted by atomic mass is 10.3. The van der Waals surface area contributed by atoms with E-state index in [1.165, 1.54) is 4.90 Å². The van der Waals surface area contributed by atoms with Crippen LogP contribution in [0.1, 0.15) is 13.8 Å². The van der Waals surface area contributed by atoms with E-state index >= 15 is 0 Å². The molecule has 0 radical (unpaired) electrons. The lowest BCUT2D eigenvalue weighted by Gasteiger charge is -2.27. The molecule has 1 saturated heterocycles. The third kappa shape index (κ3) is 4.62. The molecule has 1 rings (SSSR count). The van der Waals surface area contributed by atoms with Crippen molar-refractivity contribution in [2.75, 3.05) is 52.4 Å². The summed E-state index contributed by atoms with van der Waals surface area (Å²) in [5.74, 6) is -0.922. The summed E-state index contributed by atoms with van der Waals surface area (Å²) in [4.78, 5) is 27.1. The molecule has 1 aliphatic heterocycles. The molecule has 1 fully saturated rings. The maximum absolute atomic E-state index is 11.7. The molecule has 2 N–H and O–H groups in total. The number of piperazine rings is 1. The maximum atomic E-state index is 11.7. The van der Waals surface area contributed by atoms with Crippen LogP contribution < -0.4 is 10.6 Å². The van der Waals surface area contributed by atoms with Gasteiger partial charge < -0.3 is 15.5 Å². The Bertz CT molecular complexity index is 273. The van der Waals surface area contributed by atoms with Gasteiger partial charge in [-0.2, -0.15) is 0 Å². The first-order valence-corrected chi connectivity index (χ1v) is 6.69. The van der Waals surface area contributed by atoms with Crippen LogP contribution in [0.25, 0.3) is 0 Å². The molecule has 2 amide bonds. The van der Waals surface area contributed by atoms with Crippen molar-refractivity contribution in [2.45, 2.75) is 13.8 Å². The maximum Gasteiger partial charge on any atom is 0.311 e. The Morgan fingerprint density at radius 3 is 2.39 bits per heavy atom. The number of hydrogen-bond acceptors (Lipinski definition) is 4. The molecule has 0 aromatic carbocycles. The van der Waals surface area contributed by atoms with Gasteiger partial charge in [-0.15, -0.1) is 0 Å². The molecule has 1 aliphatic rings. The van der Waals surface area contributed by atoms with E-state index in [4.69, 9.17) is 0 Å². The highest BCUT2D eigenvalue weighted by molar-refractivity contribution is 6.34. The molecule has 6 heteroatoms. The number of nitrogens with one attached hydrogen (secondary N) is 2. The molecular weight excluding hydrogens is 232 g/mol. The molecule has 104 valence electrons. The van der Waals surface area contributed by atoms with Crippen LogP contribution in [0.5, 0.6) is 0 Å². The summed E-state index contributed by atoms with van der Waals surface area (Å²) in [6.45, 7) is 10.2. The first-order chi connectivity index (χ1) is 8.69. The van der Waals surface area contributed by atoms with E-state index in [1.807, 2.05) is 13.8 Å². The average molecular weight is 256 g/mol. The van der Waals surface area contributed by atoms with E-state index in [0.29, 0.717) is 19.6 Å². The van der Waals surface area contributed by atoms with Crippen LogP contribution in [0.2, 0.25) is 0 Å². The lowest BCUT2D eigenvalue weighted by Crippen LogP contribution is -2.48. The van der Waals surface area contributed by atoms with Gasteiger partial charge in [0.25, 0.3) is 0 Å². The van der Waals surface area contributed by atoms with Gasteiger partial charge in [0.1, 0.15) is 0 Å². The largest absolute Gasteiger partial charge is 0.347 e. The van der Waals surface area contributed by atoms with Gasteiger partial charge >= 0.3 is 11.8 Å². The number of rotatable bonds is 5. The van der Waals surface area contributed by atoms with Crippen molar-refractivity contribution in [3.8, 4) is 0 Å². The molecule has 0 aliphatic carbocycles. The van der Waals surface area contributed by atoms with Crippen molar-refractivity contribution in [1.29, 1.82) is 0 Å². The van der Waals surface area contributed by atoms with E-state index in [-0.39, 0.29) is 0 Å². The molecule has 1 heterocycles. The highest BCUT2D eigenvalue weighted by atomic mass is 16.2. The van der Waals surface area contributed by atoms with Crippen LogP contribution in [-0.4, -0.2) is 74.0 Å². The van der Waals surface area contributed by atoms with Crippen LogP contribution in [0.15, 0.2) is 0 Å². The number of carbonyl (C=O) groups is 2. The summed E-state index contributed by atoms with van der Waals surface area (Å²) in [5.41, 5.74) is 0. The van der Waals surface area contributed by atoms with E-state index in [0.717, 1.165) is 32.7 Å². The molecule has 0 atom stereocenters. The second-order valence-corrected chi connectivity index (χ2v) is 4.32. The number of hydrogen-bond donors (Lipinski definition) is 2. The minimum Gasteiger partial charge on any atom is -0.347 e. The average Bonchev–Trinajstić information content (AvgIpc) is 2.41. The second kappa shape index (κ2) is 8.05. The van der Waals surface area contributed by atoms with Crippen molar-refractivity contribution >= 4 is 11.8 Å². The number of carbonyl (C=O) groups excluding carboxylic acids is 2. The van der Waals surface area contributed by atoms with Crippen LogP contribution >= 0.6 is 0 Å². The number of nitrogens with zero attached hydrogens (tertiary/aromatic N) is 2. The summed E-state index contributed by atoms with van der Waals surface area (Å²) in [6, 6.07) is 0. The van der Waals surface area contributed by atoms with Crippen LogP contribution in [0.4, 0.5) is 0 Å². The number of amides is 2. The first kappa shape index (κ1) is 14.9. The van der Waals surface area contributed by atoms with Crippen molar-refractivity contribution in [1.82, 2.24) is 20.4 Å². The summed E-state index contributed by atoms with van der Waals surface area (Å²) in [6.07, 6.45) is 0. The Morgan fingerprint density at radius 2 is 1.83 bits per heavy atom. The molecule has 6 nitrogen and oxygen atoms in total. The highest BCUT2D eigenvalue weighted by Crippen LogP contribution is 1.91. The zero-order valence-electron chi connectivity index (χ0n) is 11.4. The Labute approximate surface area is 109 Å². The smallest absolute Gasteiger partial charge is 0.311 e. The molecule has 18 heavy (non-hydrogen) atoms. The van der Waals surface area contributed by atoms with Crippen molar-refractivity contribution in [3.05, 3.63) is 0 Å². The molecule has 0 aromatic heterocycles. The van der Waals surface area contributed by atoms with E-state index in [9.17, 15) is 9.59 Å². The fourth-order valence-corrected chi connectivity index (χ4v) is 1.99. The standard InChI is InChI=1S/C12H24N4O2/c1-3-16(4-2)12(18)11(17)14-7-10-15-8-5-13-6-9-15/h13H,3-10H2,1-2H3,(H,14,17). The van der Waals surface area contributed by atoms with E-state index in [2.05, 4.69) is 15.5 Å². The van der Waals surface area contributed by atoms with Crippen molar-refractivity contribution in [3.63, 3.8) is 0 Å². The Kier molecular flexibility index (Phi) is 6.67. The third-order valence-electron chi connectivity index (χ3n) is 3.17. The Balaban J connectivity index is 2.21. The lowest BCUT2D eigenvalue weighted by molar-refractivity contribution is -0.145. The number of likely N-dealkylation sites (N-methyl/N-ethyl adjacent to an activating group) is 1. The summed E-state index contributed by atoms with van der Waals surface area (Å²) >= 11 is 0. The predicted octanol–water partition coefficient (Wildman–Crippen LogP) is -1.12. The van der Waals surface area contributed by atoms with Gasteiger partial charge in [0.15, 0.2) is 0 Å². The zero-order chi connectivity index (χ0) is 13.4. The quantitative estimate of drug-likeness (QED) is 0.611. The van der Waals surface area contributed by atoms with E-state index in [1.54, 1.807) is 0 Å². The minimum absolute atomic E-state index is 0.430. The monoisotopic (exact) mass is 256 g/mol. The molecule has 0 aromatic rings. The van der Waals surface area contributed by atoms with Gasteiger partial charge in [-0.3, -0.25) is 14.5 Å².